The molecule has 0 aromatic carbocycles. The Bertz CT molecular complexity index is 899. The molecule has 27 heavy (non-hydrogen) atoms. The number of carbonyl (C=O) groups is 1. The first kappa shape index (κ1) is 20.0. The second-order valence-electron chi connectivity index (χ2n) is 7.96. The topological polar surface area (TPSA) is 81.2 Å². The fourth-order valence-corrected chi connectivity index (χ4v) is 4.75. The summed E-state index contributed by atoms with van der Waals surface area (Å²) < 4.78 is 1.81. The average Bonchev–Trinajstić information content (AvgIpc) is 2.81. The van der Waals surface area contributed by atoms with Crippen molar-refractivity contribution in [1.82, 2.24) is 14.5 Å². The van der Waals surface area contributed by atoms with Crippen LogP contribution in [0.25, 0.3) is 10.2 Å². The molecule has 2 aromatic rings. The third kappa shape index (κ3) is 3.94. The number of fused-ring (bicyclic) bond motifs is 2. The lowest BCUT2D eigenvalue weighted by Gasteiger charge is -2.21. The number of carbonyl (C=O) groups excluding carboxylic acids is 1. The standard InChI is InChI=1S/C20H30N4O2S/c1-12(2)14(21)9-11-23(4)20(26)17-13(3)16-18(27-17)22-15-8-6-5-7-10-24(15)19(16)25/h12,14H,5-11,21H2,1-4H3. The van der Waals surface area contributed by atoms with Gasteiger partial charge in [-0.15, -0.1) is 11.3 Å². The normalized spacial score (nSPS) is 15.6. The summed E-state index contributed by atoms with van der Waals surface area (Å²) in [7, 11) is 1.80. The van der Waals surface area contributed by atoms with Crippen LogP contribution >= 0.6 is 11.3 Å². The fraction of sp³-hybridized carbons (Fsp3) is 0.650. The van der Waals surface area contributed by atoms with E-state index in [1.54, 1.807) is 11.9 Å². The van der Waals surface area contributed by atoms with Gasteiger partial charge in [-0.3, -0.25) is 14.2 Å². The van der Waals surface area contributed by atoms with Crippen LogP contribution in [0.2, 0.25) is 0 Å². The van der Waals surface area contributed by atoms with Gasteiger partial charge in [0.05, 0.1) is 10.3 Å². The number of hydrogen-bond acceptors (Lipinski definition) is 5. The van der Waals surface area contributed by atoms with Crippen molar-refractivity contribution in [3.63, 3.8) is 0 Å². The monoisotopic (exact) mass is 390 g/mol. The van der Waals surface area contributed by atoms with E-state index in [0.717, 1.165) is 50.0 Å². The van der Waals surface area contributed by atoms with E-state index in [-0.39, 0.29) is 17.5 Å². The van der Waals surface area contributed by atoms with Crippen molar-refractivity contribution in [2.75, 3.05) is 13.6 Å². The van der Waals surface area contributed by atoms with Crippen molar-refractivity contribution < 1.29 is 4.79 Å². The third-order valence-electron chi connectivity index (χ3n) is 5.61. The van der Waals surface area contributed by atoms with Gasteiger partial charge in [0.25, 0.3) is 11.5 Å². The first-order valence-electron chi connectivity index (χ1n) is 9.85. The first-order valence-corrected chi connectivity index (χ1v) is 10.7. The zero-order valence-electron chi connectivity index (χ0n) is 16.7. The van der Waals surface area contributed by atoms with E-state index >= 15 is 0 Å². The van der Waals surface area contributed by atoms with Gasteiger partial charge in [-0.2, -0.15) is 0 Å². The lowest BCUT2D eigenvalue weighted by atomic mass is 10.0. The Morgan fingerprint density at radius 3 is 2.78 bits per heavy atom. The van der Waals surface area contributed by atoms with Gasteiger partial charge < -0.3 is 10.6 Å². The van der Waals surface area contributed by atoms with Crippen LogP contribution in [0.3, 0.4) is 0 Å². The Morgan fingerprint density at radius 2 is 2.07 bits per heavy atom. The number of nitrogens with zero attached hydrogens (tertiary/aromatic N) is 3. The quantitative estimate of drug-likeness (QED) is 0.851. The molecule has 1 unspecified atom stereocenters. The number of rotatable bonds is 5. The maximum Gasteiger partial charge on any atom is 0.264 e. The van der Waals surface area contributed by atoms with Gasteiger partial charge in [-0.05, 0) is 37.7 Å². The highest BCUT2D eigenvalue weighted by molar-refractivity contribution is 7.20. The number of amides is 1. The van der Waals surface area contributed by atoms with Crippen LogP contribution in [0.1, 0.15) is 60.6 Å². The van der Waals surface area contributed by atoms with Gasteiger partial charge >= 0.3 is 0 Å². The average molecular weight is 391 g/mol. The Balaban J connectivity index is 1.91. The summed E-state index contributed by atoms with van der Waals surface area (Å²) in [6.07, 6.45) is 4.79. The van der Waals surface area contributed by atoms with Crippen molar-refractivity contribution in [2.45, 2.75) is 65.5 Å². The number of nitrogens with two attached hydrogens (primary N) is 1. The van der Waals surface area contributed by atoms with E-state index in [2.05, 4.69) is 13.8 Å². The number of thiophene rings is 1. The highest BCUT2D eigenvalue weighted by atomic mass is 32.1. The van der Waals surface area contributed by atoms with Crippen LogP contribution in [0.5, 0.6) is 0 Å². The molecule has 0 saturated heterocycles. The summed E-state index contributed by atoms with van der Waals surface area (Å²) in [5.74, 6) is 1.20. The van der Waals surface area contributed by atoms with Gasteiger partial charge in [0.15, 0.2) is 0 Å². The highest BCUT2D eigenvalue weighted by Crippen LogP contribution is 2.29. The molecule has 1 aliphatic rings. The molecule has 1 amide bonds. The SMILES string of the molecule is Cc1c(C(=O)N(C)CCC(N)C(C)C)sc2nc3n(c(=O)c12)CCCCC3. The summed E-state index contributed by atoms with van der Waals surface area (Å²) in [6, 6.07) is 0.0747. The first-order chi connectivity index (χ1) is 12.8. The lowest BCUT2D eigenvalue weighted by Crippen LogP contribution is -2.34. The minimum atomic E-state index is -0.0500. The molecular formula is C20H30N4O2S. The Hall–Kier alpha value is -1.73. The van der Waals surface area contributed by atoms with Gasteiger partial charge in [0.1, 0.15) is 10.7 Å². The summed E-state index contributed by atoms with van der Waals surface area (Å²) in [4.78, 5) is 33.8. The predicted octanol–water partition coefficient (Wildman–Crippen LogP) is 2.94. The van der Waals surface area contributed by atoms with Gasteiger partial charge in [0.2, 0.25) is 0 Å². The molecule has 1 aliphatic heterocycles. The Labute approximate surface area is 164 Å². The van der Waals surface area contributed by atoms with E-state index in [1.165, 1.54) is 11.3 Å². The molecule has 0 spiro atoms. The molecule has 3 rings (SSSR count). The minimum Gasteiger partial charge on any atom is -0.341 e. The summed E-state index contributed by atoms with van der Waals surface area (Å²) in [5, 5.41) is 0.612. The summed E-state index contributed by atoms with van der Waals surface area (Å²) in [6.45, 7) is 7.38. The second kappa shape index (κ2) is 8.10. The zero-order valence-corrected chi connectivity index (χ0v) is 17.6. The van der Waals surface area contributed by atoms with E-state index in [4.69, 9.17) is 10.7 Å². The molecule has 0 fully saturated rings. The second-order valence-corrected chi connectivity index (χ2v) is 8.95. The van der Waals surface area contributed by atoms with Gasteiger partial charge in [0, 0.05) is 32.6 Å². The highest BCUT2D eigenvalue weighted by Gasteiger charge is 2.24. The summed E-state index contributed by atoms with van der Waals surface area (Å²) >= 11 is 1.35. The number of aryl methyl sites for hydroxylation is 2. The van der Waals surface area contributed by atoms with Crippen LogP contribution in [0.15, 0.2) is 4.79 Å². The Morgan fingerprint density at radius 1 is 1.33 bits per heavy atom. The molecular weight excluding hydrogens is 360 g/mol. The van der Waals surface area contributed by atoms with Crippen molar-refractivity contribution in [3.8, 4) is 0 Å². The third-order valence-corrected chi connectivity index (χ3v) is 6.78. The largest absolute Gasteiger partial charge is 0.341 e. The molecule has 0 saturated carbocycles. The molecule has 3 heterocycles. The van der Waals surface area contributed by atoms with Crippen molar-refractivity contribution in [3.05, 3.63) is 26.6 Å². The van der Waals surface area contributed by atoms with Crippen molar-refractivity contribution in [1.29, 1.82) is 0 Å². The predicted molar refractivity (Wildman–Crippen MR) is 111 cm³/mol. The molecule has 1 atom stereocenters. The molecule has 6 nitrogen and oxygen atoms in total. The molecule has 2 aromatic heterocycles. The fourth-order valence-electron chi connectivity index (χ4n) is 3.56. The van der Waals surface area contributed by atoms with E-state index in [9.17, 15) is 9.59 Å². The van der Waals surface area contributed by atoms with E-state index in [1.807, 2.05) is 11.5 Å². The van der Waals surface area contributed by atoms with Gasteiger partial charge in [-0.1, -0.05) is 20.3 Å². The van der Waals surface area contributed by atoms with Crippen LogP contribution in [0, 0.1) is 12.8 Å². The van der Waals surface area contributed by atoms with Gasteiger partial charge in [-0.25, -0.2) is 4.98 Å². The smallest absolute Gasteiger partial charge is 0.264 e. The number of aromatic nitrogens is 2. The van der Waals surface area contributed by atoms with Crippen LogP contribution in [-0.4, -0.2) is 40.0 Å². The van der Waals surface area contributed by atoms with Crippen LogP contribution in [0.4, 0.5) is 0 Å². The maximum atomic E-state index is 13.0. The van der Waals surface area contributed by atoms with Crippen molar-refractivity contribution >= 4 is 27.5 Å². The summed E-state index contributed by atoms with van der Waals surface area (Å²) in [5.41, 5.74) is 6.88. The molecule has 0 bridgehead atoms. The maximum absolute atomic E-state index is 13.0. The molecule has 2 N–H and O–H groups in total. The zero-order chi connectivity index (χ0) is 19.7. The Kier molecular flexibility index (Phi) is 6.01. The molecule has 0 radical (unpaired) electrons. The molecule has 7 heteroatoms. The molecule has 148 valence electrons. The minimum absolute atomic E-state index is 0.00850. The van der Waals surface area contributed by atoms with E-state index in [0.29, 0.717) is 27.6 Å². The van der Waals surface area contributed by atoms with Crippen LogP contribution < -0.4 is 11.3 Å². The van der Waals surface area contributed by atoms with E-state index < -0.39 is 0 Å². The number of hydrogen-bond donors (Lipinski definition) is 1. The molecule has 0 aliphatic carbocycles. The van der Waals surface area contributed by atoms with Crippen LogP contribution in [-0.2, 0) is 13.0 Å². The van der Waals surface area contributed by atoms with Crippen molar-refractivity contribution in [2.24, 2.45) is 11.7 Å². The lowest BCUT2D eigenvalue weighted by molar-refractivity contribution is 0.0793.